The van der Waals surface area contributed by atoms with E-state index < -0.39 is 5.76 Å². The second kappa shape index (κ2) is 4.02. The van der Waals surface area contributed by atoms with Gasteiger partial charge in [0.25, 0.3) is 0 Å². The van der Waals surface area contributed by atoms with E-state index in [4.69, 9.17) is 4.42 Å². The molecule has 2 aromatic heterocycles. The number of hydrogen-bond donors (Lipinski definition) is 2. The predicted octanol–water partition coefficient (Wildman–Crippen LogP) is 0.862. The highest BCUT2D eigenvalue weighted by Gasteiger charge is 2.03. The van der Waals surface area contributed by atoms with Gasteiger partial charge in [-0.2, -0.15) is 0 Å². The zero-order valence-corrected chi connectivity index (χ0v) is 9.67. The standard InChI is InChI=1S/C11H11N5O2/c1-16-6-8(14-15-16)5-12-7-2-3-10-9(4-7)13-11(17)18-10/h2-4,6,12H,5H2,1H3,(H,13,17). The molecule has 3 aromatic rings. The van der Waals surface area contributed by atoms with Crippen LogP contribution in [0.4, 0.5) is 5.69 Å². The molecule has 0 saturated heterocycles. The Kier molecular flexibility index (Phi) is 2.36. The van der Waals surface area contributed by atoms with Crippen molar-refractivity contribution in [2.45, 2.75) is 6.54 Å². The number of aromatic nitrogens is 4. The minimum absolute atomic E-state index is 0.448. The maximum Gasteiger partial charge on any atom is 0.417 e. The number of H-pyrrole nitrogens is 1. The molecule has 1 aromatic carbocycles. The fourth-order valence-corrected chi connectivity index (χ4v) is 1.73. The highest BCUT2D eigenvalue weighted by Crippen LogP contribution is 2.16. The van der Waals surface area contributed by atoms with E-state index in [2.05, 4.69) is 20.6 Å². The summed E-state index contributed by atoms with van der Waals surface area (Å²) >= 11 is 0. The van der Waals surface area contributed by atoms with Crippen molar-refractivity contribution in [3.05, 3.63) is 40.6 Å². The average Bonchev–Trinajstić information content (AvgIpc) is 2.90. The molecule has 3 rings (SSSR count). The Labute approximate surface area is 101 Å². The molecule has 0 aliphatic carbocycles. The van der Waals surface area contributed by atoms with E-state index in [1.54, 1.807) is 10.7 Å². The van der Waals surface area contributed by atoms with Crippen LogP contribution in [0, 0.1) is 0 Å². The summed E-state index contributed by atoms with van der Waals surface area (Å²) in [7, 11) is 1.82. The topological polar surface area (TPSA) is 88.7 Å². The lowest BCUT2D eigenvalue weighted by atomic mass is 10.3. The van der Waals surface area contributed by atoms with E-state index >= 15 is 0 Å². The number of fused-ring (bicyclic) bond motifs is 1. The van der Waals surface area contributed by atoms with E-state index in [-0.39, 0.29) is 0 Å². The monoisotopic (exact) mass is 245 g/mol. The van der Waals surface area contributed by atoms with Gasteiger partial charge in [-0.05, 0) is 18.2 Å². The third-order valence-corrected chi connectivity index (χ3v) is 2.54. The largest absolute Gasteiger partial charge is 0.417 e. The van der Waals surface area contributed by atoms with Gasteiger partial charge in [0.05, 0.1) is 12.1 Å². The number of anilines is 1. The molecule has 2 heterocycles. The van der Waals surface area contributed by atoms with Crippen molar-refractivity contribution >= 4 is 16.8 Å². The van der Waals surface area contributed by atoms with Crippen LogP contribution in [0.5, 0.6) is 0 Å². The van der Waals surface area contributed by atoms with Crippen molar-refractivity contribution < 1.29 is 4.42 Å². The van der Waals surface area contributed by atoms with Crippen molar-refractivity contribution in [2.75, 3.05) is 5.32 Å². The molecular formula is C11H11N5O2. The number of nitrogens with zero attached hydrogens (tertiary/aromatic N) is 3. The fourth-order valence-electron chi connectivity index (χ4n) is 1.73. The number of oxazole rings is 1. The molecule has 0 aliphatic heterocycles. The Hall–Kier alpha value is -2.57. The van der Waals surface area contributed by atoms with E-state index in [9.17, 15) is 4.79 Å². The second-order valence-electron chi connectivity index (χ2n) is 3.96. The van der Waals surface area contributed by atoms with Crippen LogP contribution in [0.3, 0.4) is 0 Å². The lowest BCUT2D eigenvalue weighted by Crippen LogP contribution is -1.99. The van der Waals surface area contributed by atoms with Crippen molar-refractivity contribution in [3.63, 3.8) is 0 Å². The van der Waals surface area contributed by atoms with E-state index in [1.807, 2.05) is 25.4 Å². The molecule has 0 fully saturated rings. The molecule has 0 spiro atoms. The van der Waals surface area contributed by atoms with Gasteiger partial charge >= 0.3 is 5.76 Å². The van der Waals surface area contributed by atoms with Crippen LogP contribution in [-0.2, 0) is 13.6 Å². The van der Waals surface area contributed by atoms with Gasteiger partial charge in [-0.15, -0.1) is 5.10 Å². The Morgan fingerprint density at radius 1 is 1.50 bits per heavy atom. The van der Waals surface area contributed by atoms with Gasteiger partial charge < -0.3 is 9.73 Å². The van der Waals surface area contributed by atoms with Gasteiger partial charge in [0.1, 0.15) is 5.69 Å². The van der Waals surface area contributed by atoms with Crippen LogP contribution in [0.1, 0.15) is 5.69 Å². The summed E-state index contributed by atoms with van der Waals surface area (Å²) in [6.45, 7) is 0.571. The fraction of sp³-hybridized carbons (Fsp3) is 0.182. The number of nitrogens with one attached hydrogen (secondary N) is 2. The molecule has 0 radical (unpaired) electrons. The van der Waals surface area contributed by atoms with Crippen LogP contribution in [0.15, 0.2) is 33.6 Å². The third-order valence-electron chi connectivity index (χ3n) is 2.54. The van der Waals surface area contributed by atoms with Crippen molar-refractivity contribution in [2.24, 2.45) is 7.05 Å². The number of hydrogen-bond acceptors (Lipinski definition) is 5. The normalized spacial score (nSPS) is 10.9. The summed E-state index contributed by atoms with van der Waals surface area (Å²) in [6, 6.07) is 5.40. The van der Waals surface area contributed by atoms with E-state index in [1.165, 1.54) is 0 Å². The molecule has 0 atom stereocenters. The first-order valence-corrected chi connectivity index (χ1v) is 5.43. The number of aryl methyl sites for hydroxylation is 1. The van der Waals surface area contributed by atoms with Crippen LogP contribution in [0.2, 0.25) is 0 Å². The zero-order chi connectivity index (χ0) is 12.5. The van der Waals surface area contributed by atoms with E-state index in [0.717, 1.165) is 11.4 Å². The number of aromatic amines is 1. The van der Waals surface area contributed by atoms with Gasteiger partial charge in [-0.25, -0.2) is 4.79 Å². The van der Waals surface area contributed by atoms with Gasteiger partial charge in [0, 0.05) is 18.9 Å². The number of rotatable bonds is 3. The molecule has 0 unspecified atom stereocenters. The summed E-state index contributed by atoms with van der Waals surface area (Å²) in [5.41, 5.74) is 2.94. The number of benzene rings is 1. The lowest BCUT2D eigenvalue weighted by molar-refractivity contribution is 0.555. The van der Waals surface area contributed by atoms with Crippen LogP contribution >= 0.6 is 0 Å². The molecular weight excluding hydrogens is 234 g/mol. The minimum atomic E-state index is -0.448. The SMILES string of the molecule is Cn1cc(CNc2ccc3oc(=O)[nH]c3c2)nn1. The summed E-state index contributed by atoms with van der Waals surface area (Å²) < 4.78 is 6.57. The van der Waals surface area contributed by atoms with Crippen LogP contribution < -0.4 is 11.1 Å². The van der Waals surface area contributed by atoms with Crippen molar-refractivity contribution in [1.29, 1.82) is 0 Å². The maximum absolute atomic E-state index is 11.0. The first-order chi connectivity index (χ1) is 8.70. The van der Waals surface area contributed by atoms with Gasteiger partial charge in [-0.1, -0.05) is 5.21 Å². The Morgan fingerprint density at radius 2 is 2.39 bits per heavy atom. The summed E-state index contributed by atoms with van der Waals surface area (Å²) in [5.74, 6) is -0.448. The molecule has 7 heteroatoms. The lowest BCUT2D eigenvalue weighted by Gasteiger charge is -2.02. The van der Waals surface area contributed by atoms with Crippen molar-refractivity contribution in [3.8, 4) is 0 Å². The van der Waals surface area contributed by atoms with Crippen molar-refractivity contribution in [1.82, 2.24) is 20.0 Å². The van der Waals surface area contributed by atoms with Crippen LogP contribution in [-0.4, -0.2) is 20.0 Å². The first-order valence-electron chi connectivity index (χ1n) is 5.43. The second-order valence-corrected chi connectivity index (χ2v) is 3.96. The van der Waals surface area contributed by atoms with Gasteiger partial charge in [0.2, 0.25) is 0 Å². The Bertz CT molecular complexity index is 739. The molecule has 0 saturated carbocycles. The highest BCUT2D eigenvalue weighted by molar-refractivity contribution is 5.76. The molecule has 7 nitrogen and oxygen atoms in total. The van der Waals surface area contributed by atoms with E-state index in [0.29, 0.717) is 17.6 Å². The maximum atomic E-state index is 11.0. The van der Waals surface area contributed by atoms with Gasteiger partial charge in [0.15, 0.2) is 5.58 Å². The molecule has 0 aliphatic rings. The quantitative estimate of drug-likeness (QED) is 0.714. The third kappa shape index (κ3) is 1.97. The summed E-state index contributed by atoms with van der Waals surface area (Å²) in [4.78, 5) is 13.6. The highest BCUT2D eigenvalue weighted by atomic mass is 16.4. The molecule has 0 bridgehead atoms. The molecule has 2 N–H and O–H groups in total. The molecule has 18 heavy (non-hydrogen) atoms. The Morgan fingerprint density at radius 3 is 3.17 bits per heavy atom. The molecule has 0 amide bonds. The predicted molar refractivity (Wildman–Crippen MR) is 65.2 cm³/mol. The summed E-state index contributed by atoms with van der Waals surface area (Å²) in [6.07, 6.45) is 1.84. The molecule has 92 valence electrons. The average molecular weight is 245 g/mol. The summed E-state index contributed by atoms with van der Waals surface area (Å²) in [5, 5.41) is 11.0. The van der Waals surface area contributed by atoms with Gasteiger partial charge in [-0.3, -0.25) is 9.67 Å². The smallest absolute Gasteiger partial charge is 0.408 e. The Balaban J connectivity index is 1.80. The van der Waals surface area contributed by atoms with Crippen LogP contribution in [0.25, 0.3) is 11.1 Å². The first kappa shape index (κ1) is 10.6. The minimum Gasteiger partial charge on any atom is -0.408 e. The zero-order valence-electron chi connectivity index (χ0n) is 9.67.